The van der Waals surface area contributed by atoms with E-state index in [-0.39, 0.29) is 5.78 Å². The average molecular weight is 295 g/mol. The number of carbonyl (C=O) groups is 1. The van der Waals surface area contributed by atoms with Gasteiger partial charge in [0.25, 0.3) is 0 Å². The molecule has 0 radical (unpaired) electrons. The summed E-state index contributed by atoms with van der Waals surface area (Å²) < 4.78 is 11.0. The second-order valence-electron chi connectivity index (χ2n) is 4.72. The molecule has 0 aliphatic heterocycles. The van der Waals surface area contributed by atoms with Crippen LogP contribution in [0, 0.1) is 11.3 Å². The van der Waals surface area contributed by atoms with Crippen molar-refractivity contribution < 1.29 is 14.3 Å². The Morgan fingerprint density at radius 2 is 1.91 bits per heavy atom. The fourth-order valence-corrected chi connectivity index (χ4v) is 2.01. The minimum atomic E-state index is -0.633. The number of Topliss-reactive ketones (excluding diaryl/α,β-unsaturated/α-hetero) is 1. The van der Waals surface area contributed by atoms with Gasteiger partial charge < -0.3 is 9.47 Å². The Morgan fingerprint density at radius 1 is 1.18 bits per heavy atom. The van der Waals surface area contributed by atoms with Gasteiger partial charge in [0, 0.05) is 5.56 Å². The van der Waals surface area contributed by atoms with Gasteiger partial charge in [0.2, 0.25) is 5.78 Å². The molecule has 0 fully saturated rings. The molecular formula is C18H17NO3. The van der Waals surface area contributed by atoms with Gasteiger partial charge in [-0.2, -0.15) is 5.26 Å². The van der Waals surface area contributed by atoms with Crippen LogP contribution in [0.5, 0.6) is 11.5 Å². The first kappa shape index (κ1) is 15.6. The van der Waals surface area contributed by atoms with Gasteiger partial charge in [-0.05, 0) is 56.3 Å². The monoisotopic (exact) mass is 295 g/mol. The first-order valence-corrected chi connectivity index (χ1v) is 7.08. The van der Waals surface area contributed by atoms with Crippen LogP contribution in [-0.4, -0.2) is 18.5 Å². The van der Waals surface area contributed by atoms with Gasteiger partial charge in [-0.1, -0.05) is 6.07 Å². The van der Waals surface area contributed by atoms with Crippen LogP contribution >= 0.6 is 0 Å². The van der Waals surface area contributed by atoms with Crippen molar-refractivity contribution in [3.63, 3.8) is 0 Å². The van der Waals surface area contributed by atoms with Crippen LogP contribution in [-0.2, 0) is 0 Å². The van der Waals surface area contributed by atoms with Crippen molar-refractivity contribution >= 4 is 5.78 Å². The van der Waals surface area contributed by atoms with Crippen LogP contribution < -0.4 is 9.47 Å². The number of ketones is 1. The van der Waals surface area contributed by atoms with Gasteiger partial charge >= 0.3 is 0 Å². The lowest BCUT2D eigenvalue weighted by Crippen LogP contribution is -2.23. The van der Waals surface area contributed by atoms with Gasteiger partial charge in [-0.25, -0.2) is 0 Å². The molecule has 4 nitrogen and oxygen atoms in total. The number of ether oxygens (including phenoxy) is 2. The zero-order chi connectivity index (χ0) is 15.9. The van der Waals surface area contributed by atoms with Crippen LogP contribution in [0.25, 0.3) is 0 Å². The smallest absolute Gasteiger partial charge is 0.202 e. The quantitative estimate of drug-likeness (QED) is 0.764. The molecule has 0 bridgehead atoms. The minimum absolute atomic E-state index is 0.120. The summed E-state index contributed by atoms with van der Waals surface area (Å²) in [5, 5.41) is 8.87. The Balaban J connectivity index is 2.06. The summed E-state index contributed by atoms with van der Waals surface area (Å²) in [5.74, 6) is 1.12. The normalized spacial score (nSPS) is 11.3. The van der Waals surface area contributed by atoms with Gasteiger partial charge in [-0.15, -0.1) is 0 Å². The first-order valence-electron chi connectivity index (χ1n) is 7.08. The molecule has 0 aliphatic rings. The van der Waals surface area contributed by atoms with E-state index in [4.69, 9.17) is 14.7 Å². The summed E-state index contributed by atoms with van der Waals surface area (Å²) in [6.45, 7) is 4.18. The Hall–Kier alpha value is -2.80. The highest BCUT2D eigenvalue weighted by Gasteiger charge is 2.17. The summed E-state index contributed by atoms with van der Waals surface area (Å²) in [5.41, 5.74) is 1.06. The molecule has 22 heavy (non-hydrogen) atoms. The molecule has 0 heterocycles. The van der Waals surface area contributed by atoms with Gasteiger partial charge in [0.05, 0.1) is 18.2 Å². The highest BCUT2D eigenvalue weighted by atomic mass is 16.5. The number of benzene rings is 2. The van der Waals surface area contributed by atoms with E-state index in [2.05, 4.69) is 0 Å². The zero-order valence-corrected chi connectivity index (χ0v) is 12.6. The largest absolute Gasteiger partial charge is 0.494 e. The van der Waals surface area contributed by atoms with Gasteiger partial charge in [-0.3, -0.25) is 4.79 Å². The molecule has 0 spiro atoms. The van der Waals surface area contributed by atoms with E-state index in [1.807, 2.05) is 13.0 Å². The number of carbonyl (C=O) groups excluding carboxylic acids is 1. The molecule has 0 saturated carbocycles. The topological polar surface area (TPSA) is 59.3 Å². The van der Waals surface area contributed by atoms with Crippen molar-refractivity contribution in [1.82, 2.24) is 0 Å². The molecule has 112 valence electrons. The van der Waals surface area contributed by atoms with Crippen LogP contribution in [0.1, 0.15) is 29.8 Å². The van der Waals surface area contributed by atoms with Crippen molar-refractivity contribution in [2.45, 2.75) is 20.0 Å². The van der Waals surface area contributed by atoms with E-state index in [1.54, 1.807) is 55.5 Å². The Bertz CT molecular complexity index is 686. The number of rotatable bonds is 6. The lowest BCUT2D eigenvalue weighted by Gasteiger charge is -2.14. The summed E-state index contributed by atoms with van der Waals surface area (Å²) >= 11 is 0. The summed E-state index contributed by atoms with van der Waals surface area (Å²) in [6, 6.07) is 15.8. The minimum Gasteiger partial charge on any atom is -0.494 e. The van der Waals surface area contributed by atoms with Crippen LogP contribution in [0.4, 0.5) is 0 Å². The Kier molecular flexibility index (Phi) is 5.16. The van der Waals surface area contributed by atoms with Crippen molar-refractivity contribution in [3.05, 3.63) is 59.7 Å². The van der Waals surface area contributed by atoms with Crippen LogP contribution in [0.2, 0.25) is 0 Å². The number of nitriles is 1. The van der Waals surface area contributed by atoms with Crippen molar-refractivity contribution in [1.29, 1.82) is 5.26 Å². The van der Waals surface area contributed by atoms with E-state index < -0.39 is 6.10 Å². The Morgan fingerprint density at radius 3 is 2.55 bits per heavy atom. The molecule has 0 saturated heterocycles. The SMILES string of the molecule is CCOc1ccc(C(=O)[C@H](C)Oc2cccc(C#N)c2)cc1. The summed E-state index contributed by atoms with van der Waals surface area (Å²) in [6.07, 6.45) is -0.633. The lowest BCUT2D eigenvalue weighted by atomic mass is 10.1. The summed E-state index contributed by atoms with van der Waals surface area (Å²) in [7, 11) is 0. The van der Waals surface area contributed by atoms with E-state index >= 15 is 0 Å². The fraction of sp³-hybridized carbons (Fsp3) is 0.222. The molecule has 2 aromatic carbocycles. The fourth-order valence-electron chi connectivity index (χ4n) is 2.01. The molecular weight excluding hydrogens is 278 g/mol. The first-order chi connectivity index (χ1) is 10.6. The molecule has 4 heteroatoms. The number of nitrogens with zero attached hydrogens (tertiary/aromatic N) is 1. The second kappa shape index (κ2) is 7.28. The molecule has 2 rings (SSSR count). The van der Waals surface area contributed by atoms with E-state index in [9.17, 15) is 4.79 Å². The van der Waals surface area contributed by atoms with Crippen molar-refractivity contribution in [2.24, 2.45) is 0 Å². The highest BCUT2D eigenvalue weighted by Crippen LogP contribution is 2.18. The maximum absolute atomic E-state index is 12.3. The number of hydrogen-bond donors (Lipinski definition) is 0. The van der Waals surface area contributed by atoms with Crippen molar-refractivity contribution in [3.8, 4) is 17.6 Å². The highest BCUT2D eigenvalue weighted by molar-refractivity contribution is 5.99. The predicted molar refractivity (Wildman–Crippen MR) is 83.2 cm³/mol. The lowest BCUT2D eigenvalue weighted by molar-refractivity contribution is 0.0818. The van der Waals surface area contributed by atoms with Crippen molar-refractivity contribution in [2.75, 3.05) is 6.61 Å². The summed E-state index contributed by atoms with van der Waals surface area (Å²) in [4.78, 5) is 12.3. The van der Waals surface area contributed by atoms with Crippen LogP contribution in [0.3, 0.4) is 0 Å². The molecule has 0 aliphatic carbocycles. The van der Waals surface area contributed by atoms with E-state index in [1.165, 1.54) is 0 Å². The second-order valence-corrected chi connectivity index (χ2v) is 4.72. The molecule has 0 aromatic heterocycles. The maximum Gasteiger partial charge on any atom is 0.202 e. The molecule has 0 amide bonds. The third kappa shape index (κ3) is 3.86. The third-order valence-electron chi connectivity index (χ3n) is 3.10. The standard InChI is InChI=1S/C18H17NO3/c1-3-21-16-9-7-15(8-10-16)18(20)13(2)22-17-6-4-5-14(11-17)12-19/h4-11,13H,3H2,1-2H3/t13-/m0/s1. The molecule has 0 unspecified atom stereocenters. The Labute approximate surface area is 129 Å². The molecule has 0 N–H and O–H groups in total. The van der Waals surface area contributed by atoms with Gasteiger partial charge in [0.1, 0.15) is 11.5 Å². The van der Waals surface area contributed by atoms with E-state index in [0.717, 1.165) is 5.75 Å². The van der Waals surface area contributed by atoms with E-state index in [0.29, 0.717) is 23.5 Å². The average Bonchev–Trinajstić information content (AvgIpc) is 2.55. The predicted octanol–water partition coefficient (Wildman–Crippen LogP) is 3.61. The van der Waals surface area contributed by atoms with Crippen LogP contribution in [0.15, 0.2) is 48.5 Å². The van der Waals surface area contributed by atoms with Gasteiger partial charge in [0.15, 0.2) is 6.10 Å². The molecule has 2 aromatic rings. The maximum atomic E-state index is 12.3. The third-order valence-corrected chi connectivity index (χ3v) is 3.10. The zero-order valence-electron chi connectivity index (χ0n) is 12.6. The number of hydrogen-bond acceptors (Lipinski definition) is 4. The molecule has 1 atom stereocenters.